The number of benzene rings is 1. The smallest absolute Gasteiger partial charge is 0.387 e. The highest BCUT2D eigenvalue weighted by molar-refractivity contribution is 5.72. The Morgan fingerprint density at radius 1 is 1.24 bits per heavy atom. The van der Waals surface area contributed by atoms with Crippen molar-refractivity contribution in [2.75, 3.05) is 6.54 Å². The van der Waals surface area contributed by atoms with Gasteiger partial charge in [-0.2, -0.15) is 8.78 Å². The summed E-state index contributed by atoms with van der Waals surface area (Å²) >= 11 is 0. The number of hydrogen-bond acceptors (Lipinski definition) is 4. The van der Waals surface area contributed by atoms with Crippen molar-refractivity contribution in [3.8, 4) is 5.75 Å². The van der Waals surface area contributed by atoms with Crippen LogP contribution in [0.1, 0.15) is 39.3 Å². The monoisotopic (exact) mass is 301 g/mol. The van der Waals surface area contributed by atoms with Gasteiger partial charge in [-0.05, 0) is 45.4 Å². The molecule has 1 aromatic rings. The van der Waals surface area contributed by atoms with Crippen molar-refractivity contribution in [2.24, 2.45) is 0 Å². The third-order valence-electron chi connectivity index (χ3n) is 2.58. The van der Waals surface area contributed by atoms with Crippen LogP contribution in [0, 0.1) is 0 Å². The normalized spacial score (nSPS) is 13.1. The molecule has 21 heavy (non-hydrogen) atoms. The molecule has 0 aliphatic carbocycles. The molecule has 1 atom stereocenters. The molecule has 4 nitrogen and oxygen atoms in total. The Morgan fingerprint density at radius 2 is 1.81 bits per heavy atom. The van der Waals surface area contributed by atoms with Gasteiger partial charge in [0, 0.05) is 6.04 Å². The van der Waals surface area contributed by atoms with Crippen LogP contribution in [0.25, 0.3) is 0 Å². The molecule has 0 spiro atoms. The molecule has 1 N–H and O–H groups in total. The first-order chi connectivity index (χ1) is 9.67. The Labute approximate surface area is 123 Å². The summed E-state index contributed by atoms with van der Waals surface area (Å²) in [5, 5.41) is 3.02. The minimum atomic E-state index is -2.83. The largest absolute Gasteiger partial charge is 0.459 e. The quantitative estimate of drug-likeness (QED) is 0.819. The molecule has 1 aromatic carbocycles. The van der Waals surface area contributed by atoms with E-state index in [2.05, 4.69) is 10.1 Å². The van der Waals surface area contributed by atoms with Crippen LogP contribution in [0.3, 0.4) is 0 Å². The molecule has 0 radical (unpaired) electrons. The maximum atomic E-state index is 12.0. The number of hydrogen-bond donors (Lipinski definition) is 1. The fourth-order valence-electron chi connectivity index (χ4n) is 1.67. The summed E-state index contributed by atoms with van der Waals surface area (Å²) in [6.07, 6.45) is 0. The predicted molar refractivity (Wildman–Crippen MR) is 75.3 cm³/mol. The topological polar surface area (TPSA) is 47.6 Å². The lowest BCUT2D eigenvalue weighted by Crippen LogP contribution is -2.32. The molecule has 6 heteroatoms. The highest BCUT2D eigenvalue weighted by Crippen LogP contribution is 2.19. The van der Waals surface area contributed by atoms with Gasteiger partial charge in [-0.15, -0.1) is 0 Å². The van der Waals surface area contributed by atoms with Crippen LogP contribution in [-0.4, -0.2) is 24.7 Å². The summed E-state index contributed by atoms with van der Waals surface area (Å²) in [5.41, 5.74) is 0.344. The van der Waals surface area contributed by atoms with Crippen molar-refractivity contribution in [3.63, 3.8) is 0 Å². The van der Waals surface area contributed by atoms with E-state index in [0.717, 1.165) is 5.56 Å². The Morgan fingerprint density at radius 3 is 2.29 bits per heavy atom. The van der Waals surface area contributed by atoms with E-state index in [0.29, 0.717) is 0 Å². The molecule has 0 aromatic heterocycles. The standard InChI is InChI=1S/C15H21F2NO3/c1-10(18-9-13(19)21-15(2,3)4)11-5-7-12(8-6-11)20-14(16)17/h5-8,10,14,18H,9H2,1-4H3. The van der Waals surface area contributed by atoms with Crippen LogP contribution in [-0.2, 0) is 9.53 Å². The molecule has 1 rings (SSSR count). The Kier molecular flexibility index (Phi) is 6.08. The summed E-state index contributed by atoms with van der Waals surface area (Å²) in [4.78, 5) is 11.6. The zero-order valence-corrected chi connectivity index (χ0v) is 12.7. The summed E-state index contributed by atoms with van der Waals surface area (Å²) < 4.78 is 33.5. The lowest BCUT2D eigenvalue weighted by Gasteiger charge is -2.21. The van der Waals surface area contributed by atoms with Crippen molar-refractivity contribution in [2.45, 2.75) is 45.9 Å². The third-order valence-corrected chi connectivity index (χ3v) is 2.58. The maximum absolute atomic E-state index is 12.0. The number of rotatable bonds is 6. The van der Waals surface area contributed by atoms with E-state index < -0.39 is 12.2 Å². The molecule has 0 heterocycles. The fraction of sp³-hybridized carbons (Fsp3) is 0.533. The number of halogens is 2. The Bertz CT molecular complexity index is 455. The summed E-state index contributed by atoms with van der Waals surface area (Å²) in [5.74, 6) is -0.236. The Balaban J connectivity index is 2.48. The second kappa shape index (κ2) is 7.36. The third kappa shape index (κ3) is 7.04. The molecule has 1 unspecified atom stereocenters. The predicted octanol–water partition coefficient (Wildman–Crippen LogP) is 3.28. The van der Waals surface area contributed by atoms with Gasteiger partial charge < -0.3 is 14.8 Å². The van der Waals surface area contributed by atoms with Gasteiger partial charge in [-0.3, -0.25) is 4.79 Å². The van der Waals surface area contributed by atoms with E-state index in [1.54, 1.807) is 32.9 Å². The number of ether oxygens (including phenoxy) is 2. The zero-order valence-electron chi connectivity index (χ0n) is 12.7. The zero-order chi connectivity index (χ0) is 16.0. The molecule has 0 saturated carbocycles. The molecule has 0 fully saturated rings. The average molecular weight is 301 g/mol. The van der Waals surface area contributed by atoms with Crippen LogP contribution in [0.5, 0.6) is 5.75 Å². The summed E-state index contributed by atoms with van der Waals surface area (Å²) in [6, 6.07) is 6.16. The minimum Gasteiger partial charge on any atom is -0.459 e. The summed E-state index contributed by atoms with van der Waals surface area (Å²) in [7, 11) is 0. The molecule has 0 amide bonds. The second-order valence-corrected chi connectivity index (χ2v) is 5.64. The Hall–Kier alpha value is -1.69. The minimum absolute atomic E-state index is 0.0771. The van der Waals surface area contributed by atoms with Crippen molar-refractivity contribution >= 4 is 5.97 Å². The van der Waals surface area contributed by atoms with Gasteiger partial charge in [-0.25, -0.2) is 0 Å². The van der Waals surface area contributed by atoms with Gasteiger partial charge in [0.25, 0.3) is 0 Å². The number of carbonyl (C=O) groups is 1. The molecule has 0 aliphatic rings. The van der Waals surface area contributed by atoms with E-state index >= 15 is 0 Å². The SMILES string of the molecule is CC(NCC(=O)OC(C)(C)C)c1ccc(OC(F)F)cc1. The van der Waals surface area contributed by atoms with Crippen LogP contribution >= 0.6 is 0 Å². The van der Waals surface area contributed by atoms with Crippen molar-refractivity contribution in [3.05, 3.63) is 29.8 Å². The van der Waals surface area contributed by atoms with E-state index in [-0.39, 0.29) is 24.3 Å². The van der Waals surface area contributed by atoms with Crippen LogP contribution in [0.2, 0.25) is 0 Å². The van der Waals surface area contributed by atoms with E-state index in [9.17, 15) is 13.6 Å². The molecule has 0 bridgehead atoms. The lowest BCUT2D eigenvalue weighted by atomic mass is 10.1. The number of esters is 1. The van der Waals surface area contributed by atoms with Crippen LogP contribution in [0.15, 0.2) is 24.3 Å². The molecule has 118 valence electrons. The number of carbonyl (C=O) groups excluding carboxylic acids is 1. The first-order valence-electron chi connectivity index (χ1n) is 6.67. The molecule has 0 aliphatic heterocycles. The highest BCUT2D eigenvalue weighted by atomic mass is 19.3. The highest BCUT2D eigenvalue weighted by Gasteiger charge is 2.17. The van der Waals surface area contributed by atoms with Gasteiger partial charge in [0.05, 0.1) is 6.54 Å². The first-order valence-corrected chi connectivity index (χ1v) is 6.67. The van der Waals surface area contributed by atoms with Gasteiger partial charge >= 0.3 is 12.6 Å². The average Bonchev–Trinajstić information content (AvgIpc) is 2.34. The van der Waals surface area contributed by atoms with Gasteiger partial charge in [0.15, 0.2) is 0 Å². The van der Waals surface area contributed by atoms with Gasteiger partial charge in [0.2, 0.25) is 0 Å². The van der Waals surface area contributed by atoms with E-state index in [1.165, 1.54) is 12.1 Å². The maximum Gasteiger partial charge on any atom is 0.387 e. The van der Waals surface area contributed by atoms with Crippen molar-refractivity contribution in [1.29, 1.82) is 0 Å². The lowest BCUT2D eigenvalue weighted by molar-refractivity contribution is -0.153. The van der Waals surface area contributed by atoms with Crippen LogP contribution in [0.4, 0.5) is 8.78 Å². The van der Waals surface area contributed by atoms with Crippen molar-refractivity contribution in [1.82, 2.24) is 5.32 Å². The summed E-state index contributed by atoms with van der Waals surface area (Å²) in [6.45, 7) is 4.52. The van der Waals surface area contributed by atoms with Crippen molar-refractivity contribution < 1.29 is 23.0 Å². The van der Waals surface area contributed by atoms with Gasteiger partial charge in [0.1, 0.15) is 11.4 Å². The molecule has 0 saturated heterocycles. The fourth-order valence-corrected chi connectivity index (χ4v) is 1.67. The second-order valence-electron chi connectivity index (χ2n) is 5.64. The molecular weight excluding hydrogens is 280 g/mol. The van der Waals surface area contributed by atoms with E-state index in [4.69, 9.17) is 4.74 Å². The number of alkyl halides is 2. The van der Waals surface area contributed by atoms with Crippen LogP contribution < -0.4 is 10.1 Å². The first kappa shape index (κ1) is 17.4. The number of nitrogens with one attached hydrogen (secondary N) is 1. The van der Waals surface area contributed by atoms with E-state index in [1.807, 2.05) is 6.92 Å². The van der Waals surface area contributed by atoms with Gasteiger partial charge in [-0.1, -0.05) is 12.1 Å². The molecular formula is C15H21F2NO3.